The number of nitrogens with zero attached hydrogens (tertiary/aromatic N) is 2. The Morgan fingerprint density at radius 2 is 1.44 bits per heavy atom. The van der Waals surface area contributed by atoms with E-state index < -0.39 is 0 Å². The van der Waals surface area contributed by atoms with Crippen molar-refractivity contribution in [3.05, 3.63) is 35.4 Å². The zero-order chi connectivity index (χ0) is 13.4. The lowest BCUT2D eigenvalue weighted by molar-refractivity contribution is 0.252. The van der Waals surface area contributed by atoms with Crippen LogP contribution in [-0.2, 0) is 13.1 Å². The molecule has 3 nitrogen and oxygen atoms in total. The Kier molecular flexibility index (Phi) is 6.94. The Hall–Kier alpha value is -0.900. The van der Waals surface area contributed by atoms with E-state index in [9.17, 15) is 0 Å². The molecule has 3 heteroatoms. The molecule has 0 unspecified atom stereocenters. The molecular formula is C15H27N3. The van der Waals surface area contributed by atoms with Crippen molar-refractivity contribution in [2.75, 3.05) is 33.7 Å². The van der Waals surface area contributed by atoms with Crippen molar-refractivity contribution in [2.45, 2.75) is 26.4 Å². The molecule has 0 spiro atoms. The first-order chi connectivity index (χ1) is 8.65. The van der Waals surface area contributed by atoms with Crippen LogP contribution >= 0.6 is 0 Å². The van der Waals surface area contributed by atoms with E-state index in [0.717, 1.165) is 19.6 Å². The first-order valence-electron chi connectivity index (χ1n) is 6.80. The standard InChI is InChI=1S/C15H27N3/c1-4-9-17(2)10-11-18(3)13-15-7-5-14(12-16)6-8-15/h5-8H,4,9-13,16H2,1-3H3. The lowest BCUT2D eigenvalue weighted by Gasteiger charge is -2.21. The molecule has 0 saturated heterocycles. The third-order valence-corrected chi connectivity index (χ3v) is 3.18. The number of nitrogens with two attached hydrogens (primary N) is 1. The van der Waals surface area contributed by atoms with E-state index in [0.29, 0.717) is 6.54 Å². The van der Waals surface area contributed by atoms with Crippen LogP contribution in [0.2, 0.25) is 0 Å². The van der Waals surface area contributed by atoms with Gasteiger partial charge in [0.25, 0.3) is 0 Å². The lowest BCUT2D eigenvalue weighted by Crippen LogP contribution is -2.30. The summed E-state index contributed by atoms with van der Waals surface area (Å²) in [6.45, 7) is 7.27. The minimum Gasteiger partial charge on any atom is -0.326 e. The zero-order valence-electron chi connectivity index (χ0n) is 12.0. The molecule has 0 aliphatic heterocycles. The van der Waals surface area contributed by atoms with Gasteiger partial charge in [-0.2, -0.15) is 0 Å². The Balaban J connectivity index is 2.32. The molecule has 0 aliphatic carbocycles. The van der Waals surface area contributed by atoms with E-state index in [1.54, 1.807) is 0 Å². The van der Waals surface area contributed by atoms with Crippen LogP contribution in [0.25, 0.3) is 0 Å². The predicted molar refractivity (Wildman–Crippen MR) is 78.5 cm³/mol. The van der Waals surface area contributed by atoms with E-state index >= 15 is 0 Å². The van der Waals surface area contributed by atoms with Crippen LogP contribution in [0.5, 0.6) is 0 Å². The second kappa shape index (κ2) is 8.25. The zero-order valence-corrected chi connectivity index (χ0v) is 12.0. The molecule has 0 fully saturated rings. The summed E-state index contributed by atoms with van der Waals surface area (Å²) < 4.78 is 0. The van der Waals surface area contributed by atoms with Crippen molar-refractivity contribution in [1.82, 2.24) is 9.80 Å². The molecule has 0 bridgehead atoms. The molecule has 0 radical (unpaired) electrons. The Morgan fingerprint density at radius 1 is 0.889 bits per heavy atom. The molecule has 0 saturated carbocycles. The third kappa shape index (κ3) is 5.63. The van der Waals surface area contributed by atoms with Crippen molar-refractivity contribution in [1.29, 1.82) is 0 Å². The average molecular weight is 249 g/mol. The fourth-order valence-electron chi connectivity index (χ4n) is 2.01. The van der Waals surface area contributed by atoms with Gasteiger partial charge in [-0.05, 0) is 38.2 Å². The summed E-state index contributed by atoms with van der Waals surface area (Å²) in [4.78, 5) is 4.75. The van der Waals surface area contributed by atoms with Gasteiger partial charge >= 0.3 is 0 Å². The highest BCUT2D eigenvalue weighted by Gasteiger charge is 2.02. The number of rotatable bonds is 8. The van der Waals surface area contributed by atoms with Crippen LogP contribution in [0.1, 0.15) is 24.5 Å². The molecule has 0 heterocycles. The molecule has 1 aromatic rings. The van der Waals surface area contributed by atoms with Crippen LogP contribution in [-0.4, -0.2) is 43.5 Å². The maximum atomic E-state index is 5.59. The van der Waals surface area contributed by atoms with Crippen molar-refractivity contribution in [3.63, 3.8) is 0 Å². The van der Waals surface area contributed by atoms with Crippen LogP contribution in [0.15, 0.2) is 24.3 Å². The van der Waals surface area contributed by atoms with Crippen molar-refractivity contribution in [2.24, 2.45) is 5.73 Å². The molecule has 0 aromatic heterocycles. The van der Waals surface area contributed by atoms with Gasteiger partial charge in [-0.1, -0.05) is 31.2 Å². The predicted octanol–water partition coefficient (Wildman–Crippen LogP) is 1.92. The van der Waals surface area contributed by atoms with Gasteiger partial charge in [0.05, 0.1) is 0 Å². The highest BCUT2D eigenvalue weighted by atomic mass is 15.2. The van der Waals surface area contributed by atoms with E-state index in [2.05, 4.69) is 55.1 Å². The molecule has 1 rings (SSSR count). The van der Waals surface area contributed by atoms with Crippen molar-refractivity contribution >= 4 is 0 Å². The van der Waals surface area contributed by atoms with Gasteiger partial charge in [0.15, 0.2) is 0 Å². The summed E-state index contributed by atoms with van der Waals surface area (Å²) in [6.07, 6.45) is 1.22. The first-order valence-corrected chi connectivity index (χ1v) is 6.80. The maximum absolute atomic E-state index is 5.59. The fourth-order valence-corrected chi connectivity index (χ4v) is 2.01. The lowest BCUT2D eigenvalue weighted by atomic mass is 10.1. The second-order valence-corrected chi connectivity index (χ2v) is 5.06. The quantitative estimate of drug-likeness (QED) is 0.764. The molecule has 0 amide bonds. The van der Waals surface area contributed by atoms with Crippen LogP contribution in [0, 0.1) is 0 Å². The van der Waals surface area contributed by atoms with Gasteiger partial charge in [-0.3, -0.25) is 0 Å². The Bertz CT molecular complexity index is 321. The molecule has 18 heavy (non-hydrogen) atoms. The summed E-state index contributed by atoms with van der Waals surface area (Å²) in [7, 11) is 4.37. The molecule has 0 atom stereocenters. The summed E-state index contributed by atoms with van der Waals surface area (Å²) in [5, 5.41) is 0. The van der Waals surface area contributed by atoms with Crippen LogP contribution in [0.4, 0.5) is 0 Å². The molecular weight excluding hydrogens is 222 g/mol. The topological polar surface area (TPSA) is 32.5 Å². The number of hydrogen-bond acceptors (Lipinski definition) is 3. The number of benzene rings is 1. The van der Waals surface area contributed by atoms with Gasteiger partial charge in [0.1, 0.15) is 0 Å². The number of hydrogen-bond donors (Lipinski definition) is 1. The molecule has 102 valence electrons. The normalized spacial score (nSPS) is 11.4. The maximum Gasteiger partial charge on any atom is 0.0231 e. The smallest absolute Gasteiger partial charge is 0.0231 e. The van der Waals surface area contributed by atoms with Crippen molar-refractivity contribution < 1.29 is 0 Å². The minimum atomic E-state index is 0.623. The van der Waals surface area contributed by atoms with E-state index in [1.165, 1.54) is 24.1 Å². The van der Waals surface area contributed by atoms with E-state index in [1.807, 2.05) is 0 Å². The van der Waals surface area contributed by atoms with Crippen molar-refractivity contribution in [3.8, 4) is 0 Å². The molecule has 2 N–H and O–H groups in total. The highest BCUT2D eigenvalue weighted by molar-refractivity contribution is 5.22. The summed E-state index contributed by atoms with van der Waals surface area (Å²) in [6, 6.07) is 8.58. The van der Waals surface area contributed by atoms with Crippen LogP contribution in [0.3, 0.4) is 0 Å². The van der Waals surface area contributed by atoms with E-state index in [4.69, 9.17) is 5.73 Å². The van der Waals surface area contributed by atoms with E-state index in [-0.39, 0.29) is 0 Å². The average Bonchev–Trinajstić information content (AvgIpc) is 2.38. The van der Waals surface area contributed by atoms with Gasteiger partial charge in [0, 0.05) is 26.2 Å². The summed E-state index contributed by atoms with van der Waals surface area (Å²) in [5.74, 6) is 0. The van der Waals surface area contributed by atoms with Gasteiger partial charge in [0.2, 0.25) is 0 Å². The van der Waals surface area contributed by atoms with Crippen LogP contribution < -0.4 is 5.73 Å². The number of likely N-dealkylation sites (N-methyl/N-ethyl adjacent to an activating group) is 2. The third-order valence-electron chi connectivity index (χ3n) is 3.18. The highest BCUT2D eigenvalue weighted by Crippen LogP contribution is 2.06. The largest absolute Gasteiger partial charge is 0.326 e. The van der Waals surface area contributed by atoms with Gasteiger partial charge in [-0.15, -0.1) is 0 Å². The molecule has 1 aromatic carbocycles. The summed E-state index contributed by atoms with van der Waals surface area (Å²) >= 11 is 0. The minimum absolute atomic E-state index is 0.623. The first kappa shape index (κ1) is 15.2. The SMILES string of the molecule is CCCN(C)CCN(C)Cc1ccc(CN)cc1. The Morgan fingerprint density at radius 3 is 2.00 bits per heavy atom. The van der Waals surface area contributed by atoms with Gasteiger partial charge < -0.3 is 15.5 Å². The summed E-state index contributed by atoms with van der Waals surface area (Å²) in [5.41, 5.74) is 8.15. The second-order valence-electron chi connectivity index (χ2n) is 5.06. The molecule has 0 aliphatic rings. The monoisotopic (exact) mass is 249 g/mol. The fraction of sp³-hybridized carbons (Fsp3) is 0.600. The Labute approximate surface area is 112 Å². The van der Waals surface area contributed by atoms with Gasteiger partial charge in [-0.25, -0.2) is 0 Å².